The third-order valence-corrected chi connectivity index (χ3v) is 6.53. The maximum atomic E-state index is 13.5. The maximum absolute atomic E-state index is 13.5. The number of esters is 2. The van der Waals surface area contributed by atoms with Gasteiger partial charge in [-0.25, -0.2) is 4.79 Å². The highest BCUT2D eigenvalue weighted by molar-refractivity contribution is 6.01. The first kappa shape index (κ1) is 27.9. The van der Waals surface area contributed by atoms with Crippen LogP contribution in [0.15, 0.2) is 29.8 Å². The lowest BCUT2D eigenvalue weighted by atomic mass is 9.73. The van der Waals surface area contributed by atoms with E-state index in [0.717, 1.165) is 16.7 Å². The molecule has 2 aromatic carbocycles. The Kier molecular flexibility index (Phi) is 9.08. The maximum Gasteiger partial charge on any atom is 0.334 e. The van der Waals surface area contributed by atoms with Crippen molar-refractivity contribution in [2.75, 3.05) is 41.7 Å². The molecule has 3 rings (SSSR count). The molecule has 1 unspecified atom stereocenters. The Labute approximate surface area is 218 Å². The SMILES string of the molecule is CCOC(=O)C1=Cc2cc(OC)c(OC)cc2-c2cc(OC)c(OC)cc2[C@H]1C(C(=O)OCC)C(C)C. The van der Waals surface area contributed by atoms with E-state index in [1.165, 1.54) is 0 Å². The van der Waals surface area contributed by atoms with Gasteiger partial charge < -0.3 is 28.4 Å². The molecule has 0 radical (unpaired) electrons. The molecule has 8 nitrogen and oxygen atoms in total. The van der Waals surface area contributed by atoms with E-state index in [-0.39, 0.29) is 25.1 Å². The lowest BCUT2D eigenvalue weighted by Gasteiger charge is -2.31. The van der Waals surface area contributed by atoms with Gasteiger partial charge in [-0.3, -0.25) is 4.79 Å². The van der Waals surface area contributed by atoms with E-state index < -0.39 is 17.8 Å². The van der Waals surface area contributed by atoms with Crippen molar-refractivity contribution in [2.45, 2.75) is 33.6 Å². The van der Waals surface area contributed by atoms with Gasteiger partial charge in [-0.1, -0.05) is 13.8 Å². The minimum Gasteiger partial charge on any atom is -0.493 e. The molecule has 200 valence electrons. The van der Waals surface area contributed by atoms with E-state index in [1.807, 2.05) is 38.1 Å². The summed E-state index contributed by atoms with van der Waals surface area (Å²) in [5, 5.41) is 0. The average Bonchev–Trinajstić information content (AvgIpc) is 3.01. The summed E-state index contributed by atoms with van der Waals surface area (Å²) in [5.74, 6) is -0.395. The van der Waals surface area contributed by atoms with Gasteiger partial charge in [0.1, 0.15) is 0 Å². The van der Waals surface area contributed by atoms with Crippen molar-refractivity contribution < 1.29 is 38.0 Å². The number of methoxy groups -OCH3 is 4. The fourth-order valence-electron chi connectivity index (χ4n) is 4.88. The summed E-state index contributed by atoms with van der Waals surface area (Å²) in [6, 6.07) is 7.35. The van der Waals surface area contributed by atoms with E-state index in [0.29, 0.717) is 34.1 Å². The van der Waals surface area contributed by atoms with Crippen LogP contribution in [-0.2, 0) is 19.1 Å². The lowest BCUT2D eigenvalue weighted by molar-refractivity contribution is -0.150. The first-order chi connectivity index (χ1) is 17.8. The second-order valence-electron chi connectivity index (χ2n) is 8.91. The van der Waals surface area contributed by atoms with E-state index in [4.69, 9.17) is 28.4 Å². The fourth-order valence-corrected chi connectivity index (χ4v) is 4.88. The lowest BCUT2D eigenvalue weighted by Crippen LogP contribution is -2.32. The summed E-state index contributed by atoms with van der Waals surface area (Å²) in [7, 11) is 6.22. The van der Waals surface area contributed by atoms with E-state index in [1.54, 1.807) is 48.4 Å². The highest BCUT2D eigenvalue weighted by Gasteiger charge is 2.42. The topological polar surface area (TPSA) is 89.5 Å². The summed E-state index contributed by atoms with van der Waals surface area (Å²) in [6.45, 7) is 7.80. The Morgan fingerprint density at radius 3 is 1.78 bits per heavy atom. The van der Waals surface area contributed by atoms with Crippen LogP contribution in [0.5, 0.6) is 23.0 Å². The molecule has 8 heteroatoms. The second kappa shape index (κ2) is 12.0. The Bertz CT molecular complexity index is 1180. The molecule has 37 heavy (non-hydrogen) atoms. The van der Waals surface area contributed by atoms with E-state index in [9.17, 15) is 9.59 Å². The number of fused-ring (bicyclic) bond motifs is 3. The van der Waals surface area contributed by atoms with Crippen LogP contribution < -0.4 is 18.9 Å². The van der Waals surface area contributed by atoms with Crippen LogP contribution in [0, 0.1) is 11.8 Å². The molecule has 0 aromatic heterocycles. The molecule has 0 heterocycles. The molecule has 0 N–H and O–H groups in total. The molecule has 0 spiro atoms. The molecule has 1 aliphatic rings. The van der Waals surface area contributed by atoms with Gasteiger partial charge >= 0.3 is 11.9 Å². The number of carbonyl (C=O) groups is 2. The monoisotopic (exact) mass is 512 g/mol. The van der Waals surface area contributed by atoms with E-state index >= 15 is 0 Å². The van der Waals surface area contributed by atoms with E-state index in [2.05, 4.69) is 0 Å². The second-order valence-corrected chi connectivity index (χ2v) is 8.91. The zero-order chi connectivity index (χ0) is 27.3. The molecular weight excluding hydrogens is 476 g/mol. The van der Waals surface area contributed by atoms with Crippen LogP contribution in [-0.4, -0.2) is 53.6 Å². The highest BCUT2D eigenvalue weighted by Crippen LogP contribution is 2.51. The molecule has 0 aliphatic heterocycles. The summed E-state index contributed by atoms with van der Waals surface area (Å²) in [4.78, 5) is 26.9. The van der Waals surface area contributed by atoms with Crippen LogP contribution in [0.4, 0.5) is 0 Å². The van der Waals surface area contributed by atoms with Gasteiger partial charge in [0.05, 0.1) is 47.6 Å². The van der Waals surface area contributed by atoms with Crippen molar-refractivity contribution in [2.24, 2.45) is 11.8 Å². The average molecular weight is 513 g/mol. The van der Waals surface area contributed by atoms with Gasteiger partial charge in [0.25, 0.3) is 0 Å². The normalized spacial score (nSPS) is 14.9. The minimum absolute atomic E-state index is 0.159. The van der Waals surface area contributed by atoms with Crippen molar-refractivity contribution in [1.29, 1.82) is 0 Å². The van der Waals surface area contributed by atoms with Crippen molar-refractivity contribution in [3.8, 4) is 34.1 Å². The summed E-state index contributed by atoms with van der Waals surface area (Å²) in [5.41, 5.74) is 3.32. The van der Waals surface area contributed by atoms with Gasteiger partial charge in [-0.15, -0.1) is 0 Å². The third kappa shape index (κ3) is 5.38. The van der Waals surface area contributed by atoms with Crippen LogP contribution in [0.3, 0.4) is 0 Å². The largest absolute Gasteiger partial charge is 0.493 e. The quantitative estimate of drug-likeness (QED) is 0.398. The number of ether oxygens (including phenoxy) is 6. The standard InChI is InChI=1S/C29H36O8/c1-9-36-28(30)21-11-17-12-22(32-5)23(33-6)13-18(17)19-14-24(34-7)25(35-8)15-20(19)27(21)26(16(3)4)29(31)37-10-2/h11-16,26-27H,9-10H2,1-8H3/t26?,27-/m1/s1. The van der Waals surface area contributed by atoms with Crippen molar-refractivity contribution in [3.63, 3.8) is 0 Å². The zero-order valence-corrected chi connectivity index (χ0v) is 22.8. The summed E-state index contributed by atoms with van der Waals surface area (Å²) in [6.07, 6.45) is 1.77. The van der Waals surface area contributed by atoms with Gasteiger partial charge in [-0.05, 0) is 72.4 Å². The molecule has 1 aliphatic carbocycles. The molecule has 2 aromatic rings. The van der Waals surface area contributed by atoms with Crippen molar-refractivity contribution in [3.05, 3.63) is 41.0 Å². The van der Waals surface area contributed by atoms with Crippen LogP contribution in [0.2, 0.25) is 0 Å². The summed E-state index contributed by atoms with van der Waals surface area (Å²) < 4.78 is 33.4. The third-order valence-electron chi connectivity index (χ3n) is 6.53. The molecule has 0 bridgehead atoms. The Hall–Kier alpha value is -3.68. The molecule has 0 fully saturated rings. The zero-order valence-electron chi connectivity index (χ0n) is 22.8. The molecular formula is C29H36O8. The van der Waals surface area contributed by atoms with Gasteiger partial charge in [-0.2, -0.15) is 0 Å². The number of benzene rings is 2. The molecule has 0 saturated carbocycles. The Morgan fingerprint density at radius 1 is 0.757 bits per heavy atom. The molecule has 0 saturated heterocycles. The number of rotatable bonds is 10. The number of hydrogen-bond acceptors (Lipinski definition) is 8. The van der Waals surface area contributed by atoms with Gasteiger partial charge in [0.2, 0.25) is 0 Å². The predicted octanol–water partition coefficient (Wildman–Crippen LogP) is 5.27. The fraction of sp³-hybridized carbons (Fsp3) is 0.448. The van der Waals surface area contributed by atoms with Crippen molar-refractivity contribution >= 4 is 18.0 Å². The van der Waals surface area contributed by atoms with Gasteiger partial charge in [0.15, 0.2) is 23.0 Å². The Morgan fingerprint density at radius 2 is 1.27 bits per heavy atom. The van der Waals surface area contributed by atoms with Crippen molar-refractivity contribution in [1.82, 2.24) is 0 Å². The molecule has 2 atom stereocenters. The number of hydrogen-bond donors (Lipinski definition) is 0. The first-order valence-electron chi connectivity index (χ1n) is 12.3. The molecule has 0 amide bonds. The minimum atomic E-state index is -0.683. The van der Waals surface area contributed by atoms with Crippen LogP contribution in [0.1, 0.15) is 44.7 Å². The number of carbonyl (C=O) groups excluding carboxylic acids is 2. The van der Waals surface area contributed by atoms with Crippen LogP contribution in [0.25, 0.3) is 17.2 Å². The first-order valence-corrected chi connectivity index (χ1v) is 12.3. The Balaban J connectivity index is 2.50. The van der Waals surface area contributed by atoms with Crippen LogP contribution >= 0.6 is 0 Å². The predicted molar refractivity (Wildman–Crippen MR) is 140 cm³/mol. The highest BCUT2D eigenvalue weighted by atomic mass is 16.5. The summed E-state index contributed by atoms with van der Waals surface area (Å²) >= 11 is 0. The smallest absolute Gasteiger partial charge is 0.334 e. The van der Waals surface area contributed by atoms with Gasteiger partial charge in [0, 0.05) is 11.5 Å².